The topological polar surface area (TPSA) is 50.8 Å². The summed E-state index contributed by atoms with van der Waals surface area (Å²) in [5, 5.41) is 3.43. The fraction of sp³-hybridized carbons (Fsp3) is 0.929. The molecule has 0 aliphatic carbocycles. The predicted octanol–water partition coefficient (Wildman–Crippen LogP) is 1.27. The van der Waals surface area contributed by atoms with E-state index >= 15 is 0 Å². The summed E-state index contributed by atoms with van der Waals surface area (Å²) in [5.41, 5.74) is -0.318. The van der Waals surface area contributed by atoms with E-state index in [-0.39, 0.29) is 5.60 Å². The van der Waals surface area contributed by atoms with Crippen LogP contribution in [0.2, 0.25) is 0 Å². The molecule has 1 unspecified atom stereocenters. The summed E-state index contributed by atoms with van der Waals surface area (Å²) in [4.78, 5) is 12.1. The van der Waals surface area contributed by atoms with Gasteiger partial charge in [0.25, 0.3) is 6.47 Å². The molecule has 19 heavy (non-hydrogen) atoms. The second kappa shape index (κ2) is 10.2. The smallest absolute Gasteiger partial charge is 0.293 e. The lowest BCUT2D eigenvalue weighted by Gasteiger charge is -2.31. The van der Waals surface area contributed by atoms with E-state index in [9.17, 15) is 4.79 Å². The van der Waals surface area contributed by atoms with E-state index in [1.807, 2.05) is 20.8 Å². The molecule has 0 saturated carbocycles. The third kappa shape index (κ3) is 12.1. The molecule has 1 aliphatic rings. The Labute approximate surface area is 117 Å². The lowest BCUT2D eigenvalue weighted by atomic mass is 10.2. The van der Waals surface area contributed by atoms with Gasteiger partial charge in [0, 0.05) is 45.9 Å². The number of carbonyl (C=O) groups excluding carboxylic acids is 1. The second-order valence-electron chi connectivity index (χ2n) is 5.83. The van der Waals surface area contributed by atoms with Gasteiger partial charge in [-0.15, -0.1) is 0 Å². The van der Waals surface area contributed by atoms with Crippen LogP contribution in [0.1, 0.15) is 34.1 Å². The molecule has 0 spiro atoms. The van der Waals surface area contributed by atoms with Crippen molar-refractivity contribution in [2.75, 3.05) is 39.9 Å². The maximum Gasteiger partial charge on any atom is 0.293 e. The quantitative estimate of drug-likeness (QED) is 0.604. The van der Waals surface area contributed by atoms with Gasteiger partial charge in [-0.05, 0) is 34.1 Å². The van der Waals surface area contributed by atoms with Crippen molar-refractivity contribution in [3.63, 3.8) is 0 Å². The fourth-order valence-corrected chi connectivity index (χ4v) is 1.79. The first-order valence-electron chi connectivity index (χ1n) is 6.95. The molecule has 0 aromatic heterocycles. The Balaban J connectivity index is 0.000000399. The predicted molar refractivity (Wildman–Crippen MR) is 77.3 cm³/mol. The largest absolute Gasteiger partial charge is 0.462 e. The van der Waals surface area contributed by atoms with Crippen LogP contribution in [0.15, 0.2) is 0 Å². The molecular weight excluding hydrogens is 244 g/mol. The van der Waals surface area contributed by atoms with Crippen LogP contribution >= 0.6 is 0 Å². The molecule has 1 N–H and O–H groups in total. The van der Waals surface area contributed by atoms with E-state index in [1.54, 1.807) is 7.11 Å². The van der Waals surface area contributed by atoms with Crippen LogP contribution in [0.25, 0.3) is 0 Å². The van der Waals surface area contributed by atoms with Crippen LogP contribution in [0.5, 0.6) is 0 Å². The highest BCUT2D eigenvalue weighted by atomic mass is 16.5. The molecule has 1 heterocycles. The van der Waals surface area contributed by atoms with Gasteiger partial charge in [-0.25, -0.2) is 0 Å². The molecule has 114 valence electrons. The minimum atomic E-state index is -0.318. The number of rotatable bonds is 5. The number of methoxy groups -OCH3 is 1. The van der Waals surface area contributed by atoms with Gasteiger partial charge in [-0.2, -0.15) is 0 Å². The van der Waals surface area contributed by atoms with Crippen molar-refractivity contribution in [1.82, 2.24) is 10.2 Å². The first kappa shape index (κ1) is 18.4. The van der Waals surface area contributed by atoms with Crippen molar-refractivity contribution in [3.05, 3.63) is 0 Å². The van der Waals surface area contributed by atoms with Gasteiger partial charge in [0.2, 0.25) is 0 Å². The average Bonchev–Trinajstić information content (AvgIpc) is 2.28. The molecular formula is C14H30N2O3. The SMILES string of the molecule is CC(C)(C)OC=O.COCCCN1CCNC(C)C1. The van der Waals surface area contributed by atoms with E-state index in [0.717, 1.165) is 19.6 Å². The van der Waals surface area contributed by atoms with E-state index in [2.05, 4.69) is 21.9 Å². The number of hydrogen-bond donors (Lipinski definition) is 1. The Morgan fingerprint density at radius 3 is 2.53 bits per heavy atom. The summed E-state index contributed by atoms with van der Waals surface area (Å²) in [5.74, 6) is 0. The highest BCUT2D eigenvalue weighted by Crippen LogP contribution is 2.02. The maximum atomic E-state index is 9.60. The highest BCUT2D eigenvalue weighted by Gasteiger charge is 2.14. The van der Waals surface area contributed by atoms with Crippen LogP contribution in [-0.2, 0) is 14.3 Å². The van der Waals surface area contributed by atoms with Gasteiger partial charge in [0.15, 0.2) is 0 Å². The molecule has 0 bridgehead atoms. The minimum Gasteiger partial charge on any atom is -0.462 e. The summed E-state index contributed by atoms with van der Waals surface area (Å²) in [6.45, 7) is 13.7. The first-order valence-corrected chi connectivity index (χ1v) is 6.95. The van der Waals surface area contributed by atoms with Gasteiger partial charge in [0.1, 0.15) is 5.60 Å². The van der Waals surface area contributed by atoms with Crippen molar-refractivity contribution >= 4 is 6.47 Å². The summed E-state index contributed by atoms with van der Waals surface area (Å²) < 4.78 is 9.57. The molecule has 1 saturated heterocycles. The summed E-state index contributed by atoms with van der Waals surface area (Å²) >= 11 is 0. The van der Waals surface area contributed by atoms with Crippen molar-refractivity contribution in [2.45, 2.75) is 45.8 Å². The average molecular weight is 274 g/mol. The molecule has 5 heteroatoms. The van der Waals surface area contributed by atoms with E-state index in [1.165, 1.54) is 19.6 Å². The van der Waals surface area contributed by atoms with Crippen molar-refractivity contribution in [1.29, 1.82) is 0 Å². The number of carbonyl (C=O) groups is 1. The fourth-order valence-electron chi connectivity index (χ4n) is 1.79. The molecule has 1 aliphatic heterocycles. The Morgan fingerprint density at radius 2 is 2.11 bits per heavy atom. The normalized spacial score (nSPS) is 20.4. The van der Waals surface area contributed by atoms with E-state index in [4.69, 9.17) is 4.74 Å². The molecule has 0 aromatic rings. The number of piperazine rings is 1. The zero-order chi connectivity index (χ0) is 14.7. The number of nitrogens with zero attached hydrogens (tertiary/aromatic N) is 1. The van der Waals surface area contributed by atoms with Gasteiger partial charge < -0.3 is 19.7 Å². The van der Waals surface area contributed by atoms with Crippen LogP contribution in [0.4, 0.5) is 0 Å². The molecule has 5 nitrogen and oxygen atoms in total. The van der Waals surface area contributed by atoms with Crippen LogP contribution < -0.4 is 5.32 Å². The second-order valence-corrected chi connectivity index (χ2v) is 5.83. The molecule has 1 rings (SSSR count). The number of ether oxygens (including phenoxy) is 2. The van der Waals surface area contributed by atoms with Crippen molar-refractivity contribution in [2.24, 2.45) is 0 Å². The highest BCUT2D eigenvalue weighted by molar-refractivity contribution is 5.37. The monoisotopic (exact) mass is 274 g/mol. The zero-order valence-corrected chi connectivity index (χ0v) is 13.1. The minimum absolute atomic E-state index is 0.318. The van der Waals surface area contributed by atoms with Gasteiger partial charge in [-0.3, -0.25) is 4.79 Å². The third-order valence-electron chi connectivity index (χ3n) is 2.68. The van der Waals surface area contributed by atoms with Crippen LogP contribution in [0, 0.1) is 0 Å². The summed E-state index contributed by atoms with van der Waals surface area (Å²) in [6.07, 6.45) is 1.16. The number of nitrogens with one attached hydrogen (secondary N) is 1. The molecule has 0 aromatic carbocycles. The maximum absolute atomic E-state index is 9.60. The zero-order valence-electron chi connectivity index (χ0n) is 13.1. The molecule has 1 fully saturated rings. The van der Waals surface area contributed by atoms with Crippen molar-refractivity contribution < 1.29 is 14.3 Å². The van der Waals surface area contributed by atoms with Crippen LogP contribution in [0.3, 0.4) is 0 Å². The Bertz CT molecular complexity index is 229. The van der Waals surface area contributed by atoms with Crippen LogP contribution in [-0.4, -0.2) is 62.9 Å². The number of hydrogen-bond acceptors (Lipinski definition) is 5. The van der Waals surface area contributed by atoms with E-state index < -0.39 is 0 Å². The summed E-state index contributed by atoms with van der Waals surface area (Å²) in [6, 6.07) is 0.654. The summed E-state index contributed by atoms with van der Waals surface area (Å²) in [7, 11) is 1.76. The Kier molecular flexibility index (Phi) is 9.83. The molecule has 0 radical (unpaired) electrons. The standard InChI is InChI=1S/C9H20N2O.C5H10O2/c1-9-8-11(6-4-10-9)5-3-7-12-2;1-5(2,3)7-4-6/h9-10H,3-8H2,1-2H3;4H,1-3H3. The van der Waals surface area contributed by atoms with Gasteiger partial charge in [-0.1, -0.05) is 0 Å². The van der Waals surface area contributed by atoms with E-state index in [0.29, 0.717) is 12.5 Å². The lowest BCUT2D eigenvalue weighted by molar-refractivity contribution is -0.138. The molecule has 1 atom stereocenters. The Morgan fingerprint density at radius 1 is 1.42 bits per heavy atom. The molecule has 0 amide bonds. The lowest BCUT2D eigenvalue weighted by Crippen LogP contribution is -2.49. The van der Waals surface area contributed by atoms with Gasteiger partial charge in [0.05, 0.1) is 0 Å². The first-order chi connectivity index (χ1) is 8.89. The van der Waals surface area contributed by atoms with Gasteiger partial charge >= 0.3 is 0 Å². The third-order valence-corrected chi connectivity index (χ3v) is 2.68. The Hall–Kier alpha value is -0.650. The van der Waals surface area contributed by atoms with Crippen molar-refractivity contribution in [3.8, 4) is 0 Å².